The zero-order valence-corrected chi connectivity index (χ0v) is 13.4. The average Bonchev–Trinajstić information content (AvgIpc) is 2.38. The van der Waals surface area contributed by atoms with Crippen molar-refractivity contribution in [1.82, 2.24) is 5.32 Å². The molecule has 0 bridgehead atoms. The van der Waals surface area contributed by atoms with Gasteiger partial charge in [-0.2, -0.15) is 0 Å². The molecule has 0 saturated heterocycles. The van der Waals surface area contributed by atoms with E-state index in [1.54, 1.807) is 12.1 Å². The number of nitrogens with one attached hydrogen (secondary N) is 1. The number of carbonyl (C=O) groups is 1. The number of rotatable bonds is 7. The van der Waals surface area contributed by atoms with Crippen LogP contribution in [0.4, 0.5) is 0 Å². The van der Waals surface area contributed by atoms with E-state index in [0.29, 0.717) is 16.9 Å². The van der Waals surface area contributed by atoms with Crippen molar-refractivity contribution in [3.63, 3.8) is 0 Å². The number of ether oxygens (including phenoxy) is 1. The highest BCUT2D eigenvalue weighted by Crippen LogP contribution is 2.14. The second-order valence-electron chi connectivity index (χ2n) is 4.74. The van der Waals surface area contributed by atoms with Gasteiger partial charge in [-0.15, -0.1) is 0 Å². The van der Waals surface area contributed by atoms with Gasteiger partial charge in [0.05, 0.1) is 6.10 Å². The van der Waals surface area contributed by atoms with Gasteiger partial charge >= 0.3 is 0 Å². The first-order chi connectivity index (χ1) is 9.02. The molecule has 1 rings (SSSR count). The van der Waals surface area contributed by atoms with Gasteiger partial charge in [0.1, 0.15) is 5.75 Å². The van der Waals surface area contributed by atoms with Crippen LogP contribution in [0.2, 0.25) is 0 Å². The SMILES string of the molecule is CCC(Br)CCNC(=O)c1ccc(OC(C)C)cc1. The third-order valence-electron chi connectivity index (χ3n) is 2.67. The third-order valence-corrected chi connectivity index (χ3v) is 3.78. The van der Waals surface area contributed by atoms with Crippen molar-refractivity contribution in [2.24, 2.45) is 0 Å². The molecule has 0 spiro atoms. The van der Waals surface area contributed by atoms with Crippen molar-refractivity contribution in [3.8, 4) is 5.75 Å². The van der Waals surface area contributed by atoms with Crippen LogP contribution in [0.3, 0.4) is 0 Å². The van der Waals surface area contributed by atoms with E-state index in [1.807, 2.05) is 26.0 Å². The van der Waals surface area contributed by atoms with Crippen LogP contribution in [-0.2, 0) is 0 Å². The first-order valence-corrected chi connectivity index (χ1v) is 7.63. The van der Waals surface area contributed by atoms with Gasteiger partial charge in [0.2, 0.25) is 0 Å². The lowest BCUT2D eigenvalue weighted by molar-refractivity contribution is 0.0953. The highest BCUT2D eigenvalue weighted by Gasteiger charge is 2.07. The molecule has 0 radical (unpaired) electrons. The summed E-state index contributed by atoms with van der Waals surface area (Å²) in [4.78, 5) is 12.3. The highest BCUT2D eigenvalue weighted by atomic mass is 79.9. The predicted molar refractivity (Wildman–Crippen MR) is 82.2 cm³/mol. The Morgan fingerprint density at radius 2 is 1.95 bits per heavy atom. The Morgan fingerprint density at radius 1 is 1.32 bits per heavy atom. The predicted octanol–water partition coefficient (Wildman–Crippen LogP) is 3.77. The van der Waals surface area contributed by atoms with Gasteiger partial charge in [0.25, 0.3) is 5.91 Å². The first-order valence-electron chi connectivity index (χ1n) is 6.72. The fraction of sp³-hybridized carbons (Fsp3) is 0.533. The molecule has 0 saturated carbocycles. The summed E-state index contributed by atoms with van der Waals surface area (Å²) in [7, 11) is 0. The summed E-state index contributed by atoms with van der Waals surface area (Å²) in [5.41, 5.74) is 0.665. The van der Waals surface area contributed by atoms with Crippen molar-refractivity contribution in [2.75, 3.05) is 6.54 Å². The summed E-state index contributed by atoms with van der Waals surface area (Å²) < 4.78 is 5.54. The molecule has 1 N–H and O–H groups in total. The third kappa shape index (κ3) is 6.10. The maximum absolute atomic E-state index is 11.9. The molecule has 1 aromatic carbocycles. The van der Waals surface area contributed by atoms with Crippen LogP contribution in [0, 0.1) is 0 Å². The number of halogens is 1. The second-order valence-corrected chi connectivity index (χ2v) is 6.04. The van der Waals surface area contributed by atoms with Crippen molar-refractivity contribution in [3.05, 3.63) is 29.8 Å². The lowest BCUT2D eigenvalue weighted by Gasteiger charge is -2.11. The van der Waals surface area contributed by atoms with E-state index >= 15 is 0 Å². The van der Waals surface area contributed by atoms with Crippen LogP contribution in [-0.4, -0.2) is 23.4 Å². The molecule has 0 fully saturated rings. The number of benzene rings is 1. The highest BCUT2D eigenvalue weighted by molar-refractivity contribution is 9.09. The Labute approximate surface area is 123 Å². The topological polar surface area (TPSA) is 38.3 Å². The van der Waals surface area contributed by atoms with Gasteiger partial charge < -0.3 is 10.1 Å². The minimum Gasteiger partial charge on any atom is -0.491 e. The molecular weight excluding hydrogens is 306 g/mol. The van der Waals surface area contributed by atoms with E-state index in [0.717, 1.165) is 18.6 Å². The number of alkyl halides is 1. The van der Waals surface area contributed by atoms with Crippen molar-refractivity contribution >= 4 is 21.8 Å². The lowest BCUT2D eigenvalue weighted by Crippen LogP contribution is -2.25. The molecule has 1 aromatic rings. The summed E-state index contributed by atoms with van der Waals surface area (Å²) in [5, 5.41) is 2.91. The van der Waals surface area contributed by atoms with E-state index in [-0.39, 0.29) is 12.0 Å². The van der Waals surface area contributed by atoms with E-state index in [4.69, 9.17) is 4.74 Å². The molecule has 0 aliphatic carbocycles. The zero-order valence-electron chi connectivity index (χ0n) is 11.8. The van der Waals surface area contributed by atoms with E-state index < -0.39 is 0 Å². The smallest absolute Gasteiger partial charge is 0.251 e. The average molecular weight is 328 g/mol. The number of carbonyl (C=O) groups excluding carboxylic acids is 1. The molecule has 1 atom stereocenters. The van der Waals surface area contributed by atoms with Crippen molar-refractivity contribution in [1.29, 1.82) is 0 Å². The molecule has 0 heterocycles. The molecule has 3 nitrogen and oxygen atoms in total. The summed E-state index contributed by atoms with van der Waals surface area (Å²) in [6.07, 6.45) is 2.15. The van der Waals surface area contributed by atoms with Crippen LogP contribution in [0.5, 0.6) is 5.75 Å². The van der Waals surface area contributed by atoms with Gasteiger partial charge in [0.15, 0.2) is 0 Å². The molecule has 0 aromatic heterocycles. The quantitative estimate of drug-likeness (QED) is 0.774. The molecular formula is C15H22BrNO2. The van der Waals surface area contributed by atoms with E-state index in [1.165, 1.54) is 0 Å². The Hall–Kier alpha value is -1.03. The standard InChI is InChI=1S/C15H22BrNO2/c1-4-13(16)9-10-17-15(18)12-5-7-14(8-6-12)19-11(2)3/h5-8,11,13H,4,9-10H2,1-3H3,(H,17,18). The number of hydrogen-bond acceptors (Lipinski definition) is 2. The Balaban J connectivity index is 2.44. The fourth-order valence-corrected chi connectivity index (χ4v) is 1.83. The van der Waals surface area contributed by atoms with Gasteiger partial charge in [-0.3, -0.25) is 4.79 Å². The van der Waals surface area contributed by atoms with E-state index in [9.17, 15) is 4.79 Å². The van der Waals surface area contributed by atoms with Crippen LogP contribution in [0.15, 0.2) is 24.3 Å². The van der Waals surface area contributed by atoms with Crippen molar-refractivity contribution in [2.45, 2.75) is 44.5 Å². The fourth-order valence-electron chi connectivity index (χ4n) is 1.61. The minimum atomic E-state index is -0.0353. The van der Waals surface area contributed by atoms with Gasteiger partial charge in [-0.25, -0.2) is 0 Å². The largest absolute Gasteiger partial charge is 0.491 e. The second kappa shape index (κ2) is 8.20. The molecule has 0 aliphatic rings. The molecule has 106 valence electrons. The molecule has 19 heavy (non-hydrogen) atoms. The minimum absolute atomic E-state index is 0.0353. The summed E-state index contributed by atoms with van der Waals surface area (Å²) in [6, 6.07) is 7.24. The molecule has 1 amide bonds. The summed E-state index contributed by atoms with van der Waals surface area (Å²) in [5.74, 6) is 0.755. The first kappa shape index (κ1) is 16.0. The monoisotopic (exact) mass is 327 g/mol. The number of hydrogen-bond donors (Lipinski definition) is 1. The molecule has 4 heteroatoms. The zero-order chi connectivity index (χ0) is 14.3. The normalized spacial score (nSPS) is 12.3. The maximum atomic E-state index is 11.9. The summed E-state index contributed by atoms with van der Waals surface area (Å²) in [6.45, 7) is 6.76. The number of amides is 1. The van der Waals surface area contributed by atoms with Crippen LogP contribution >= 0.6 is 15.9 Å². The van der Waals surface area contributed by atoms with Gasteiger partial charge in [0, 0.05) is 16.9 Å². The summed E-state index contributed by atoms with van der Waals surface area (Å²) >= 11 is 3.55. The molecule has 0 aliphatic heterocycles. The van der Waals surface area contributed by atoms with Gasteiger partial charge in [-0.05, 0) is 51.0 Å². The van der Waals surface area contributed by atoms with Crippen molar-refractivity contribution < 1.29 is 9.53 Å². The maximum Gasteiger partial charge on any atom is 0.251 e. The Morgan fingerprint density at radius 3 is 2.47 bits per heavy atom. The molecule has 1 unspecified atom stereocenters. The van der Waals surface area contributed by atoms with Crippen LogP contribution in [0.1, 0.15) is 44.0 Å². The van der Waals surface area contributed by atoms with Crippen LogP contribution in [0.25, 0.3) is 0 Å². The van der Waals surface area contributed by atoms with E-state index in [2.05, 4.69) is 28.2 Å². The Bertz CT molecular complexity index is 390. The lowest BCUT2D eigenvalue weighted by atomic mass is 10.2. The van der Waals surface area contributed by atoms with Gasteiger partial charge in [-0.1, -0.05) is 22.9 Å². The Kier molecular flexibility index (Phi) is 6.92. The van der Waals surface area contributed by atoms with Crippen LogP contribution < -0.4 is 10.1 Å².